The summed E-state index contributed by atoms with van der Waals surface area (Å²) in [6, 6.07) is 12.6. The van der Waals surface area contributed by atoms with E-state index in [4.69, 9.17) is 9.47 Å². The Balaban J connectivity index is 1.56. The summed E-state index contributed by atoms with van der Waals surface area (Å²) in [4.78, 5) is 15.4. The van der Waals surface area contributed by atoms with E-state index in [1.54, 1.807) is 17.9 Å². The number of ether oxygens (including phenoxy) is 2. The maximum atomic E-state index is 14.0. The predicted octanol–water partition coefficient (Wildman–Crippen LogP) is 4.48. The zero-order valence-corrected chi connectivity index (χ0v) is 21.3. The molecule has 8 nitrogen and oxygen atoms in total. The zero-order valence-electron chi connectivity index (χ0n) is 21.3. The third-order valence-corrected chi connectivity index (χ3v) is 6.45. The first kappa shape index (κ1) is 26.6. The molecule has 0 bridgehead atoms. The molecule has 1 aliphatic heterocycles. The van der Waals surface area contributed by atoms with Crippen LogP contribution in [0.15, 0.2) is 48.5 Å². The van der Waals surface area contributed by atoms with Crippen molar-refractivity contribution >= 4 is 11.8 Å². The molecule has 1 fully saturated rings. The summed E-state index contributed by atoms with van der Waals surface area (Å²) in [5.74, 6) is -1.08. The minimum Gasteiger partial charge on any atom is -0.476 e. The smallest absolute Gasteiger partial charge is 0.320 e. The SMILES string of the molecule is CCCOc1nn(-c2ccccc2)c(NC(=O)N[C@@H]2CN(CCOC)C[C@H]2c2ccc(F)c(F)c2)c1C. The number of nitrogens with zero attached hydrogens (tertiary/aromatic N) is 3. The summed E-state index contributed by atoms with van der Waals surface area (Å²) in [6.45, 7) is 6.68. The Morgan fingerprint density at radius 1 is 1.11 bits per heavy atom. The van der Waals surface area contributed by atoms with Crippen LogP contribution in [0.4, 0.5) is 19.4 Å². The van der Waals surface area contributed by atoms with Gasteiger partial charge in [0.05, 0.1) is 30.5 Å². The Morgan fingerprint density at radius 3 is 2.59 bits per heavy atom. The second-order valence-electron chi connectivity index (χ2n) is 9.11. The number of carbonyl (C=O) groups is 1. The van der Waals surface area contributed by atoms with E-state index in [9.17, 15) is 13.6 Å². The Labute approximate surface area is 215 Å². The van der Waals surface area contributed by atoms with Gasteiger partial charge in [-0.15, -0.1) is 5.10 Å². The van der Waals surface area contributed by atoms with Crippen molar-refractivity contribution in [3.05, 3.63) is 71.3 Å². The normalized spacial score (nSPS) is 17.6. The number of urea groups is 1. The van der Waals surface area contributed by atoms with Gasteiger partial charge in [-0.25, -0.2) is 18.3 Å². The van der Waals surface area contributed by atoms with E-state index in [1.165, 1.54) is 6.07 Å². The Hall–Kier alpha value is -3.50. The van der Waals surface area contributed by atoms with Crippen LogP contribution in [0.1, 0.15) is 30.4 Å². The van der Waals surface area contributed by atoms with E-state index in [1.807, 2.05) is 44.2 Å². The average Bonchev–Trinajstić information content (AvgIpc) is 3.44. The van der Waals surface area contributed by atoms with Crippen LogP contribution in [0.25, 0.3) is 5.69 Å². The number of amides is 2. The number of carbonyl (C=O) groups excluding carboxylic acids is 1. The fourth-order valence-electron chi connectivity index (χ4n) is 4.54. The summed E-state index contributed by atoms with van der Waals surface area (Å²) in [7, 11) is 1.63. The number of nitrogens with one attached hydrogen (secondary N) is 2. The number of benzene rings is 2. The van der Waals surface area contributed by atoms with Crippen molar-refractivity contribution in [2.24, 2.45) is 0 Å². The first-order chi connectivity index (χ1) is 17.9. The van der Waals surface area contributed by atoms with Crippen LogP contribution in [0.5, 0.6) is 5.88 Å². The van der Waals surface area contributed by atoms with Gasteiger partial charge in [0.25, 0.3) is 0 Å². The standard InChI is InChI=1S/C27H33F2N5O3/c1-4-13-37-26-18(2)25(34(32-26)20-8-6-5-7-9-20)31-27(35)30-24-17-33(12-14-36-3)16-21(24)19-10-11-22(28)23(29)15-19/h5-11,15,21,24H,4,12-14,16-17H2,1-3H3,(H2,30,31,35)/t21-,24+/m0/s1. The molecule has 0 radical (unpaired) electrons. The lowest BCUT2D eigenvalue weighted by atomic mass is 9.94. The molecule has 2 heterocycles. The largest absolute Gasteiger partial charge is 0.476 e. The molecule has 0 aliphatic carbocycles. The molecule has 4 rings (SSSR count). The first-order valence-corrected chi connectivity index (χ1v) is 12.4. The second kappa shape index (κ2) is 12.2. The fourth-order valence-corrected chi connectivity index (χ4v) is 4.54. The number of halogens is 2. The van der Waals surface area contributed by atoms with Crippen LogP contribution in [0, 0.1) is 18.6 Å². The van der Waals surface area contributed by atoms with Crippen molar-refractivity contribution in [3.63, 3.8) is 0 Å². The summed E-state index contributed by atoms with van der Waals surface area (Å²) in [5, 5.41) is 10.6. The Kier molecular flexibility index (Phi) is 8.73. The van der Waals surface area contributed by atoms with Crippen LogP contribution in [0.3, 0.4) is 0 Å². The second-order valence-corrected chi connectivity index (χ2v) is 9.11. The van der Waals surface area contributed by atoms with Crippen molar-refractivity contribution in [2.45, 2.75) is 32.2 Å². The first-order valence-electron chi connectivity index (χ1n) is 12.4. The number of anilines is 1. The van der Waals surface area contributed by atoms with Crippen molar-refractivity contribution < 1.29 is 23.0 Å². The highest BCUT2D eigenvalue weighted by Gasteiger charge is 2.35. The molecule has 2 N–H and O–H groups in total. The van der Waals surface area contributed by atoms with Crippen molar-refractivity contribution in [1.29, 1.82) is 0 Å². The molecule has 1 saturated heterocycles. The summed E-state index contributed by atoms with van der Waals surface area (Å²) < 4.78 is 40.2. The van der Waals surface area contributed by atoms with E-state index < -0.39 is 17.7 Å². The van der Waals surface area contributed by atoms with Crippen LogP contribution >= 0.6 is 0 Å². The minimum absolute atomic E-state index is 0.221. The van der Waals surface area contributed by atoms with Crippen LogP contribution in [-0.4, -0.2) is 66.7 Å². The zero-order chi connectivity index (χ0) is 26.4. The van der Waals surface area contributed by atoms with Crippen LogP contribution < -0.4 is 15.4 Å². The lowest BCUT2D eigenvalue weighted by Crippen LogP contribution is -2.42. The number of aromatic nitrogens is 2. The van der Waals surface area contributed by atoms with Gasteiger partial charge in [0.15, 0.2) is 11.6 Å². The number of hydrogen-bond donors (Lipinski definition) is 2. The molecule has 2 atom stereocenters. The minimum atomic E-state index is -0.905. The Bertz CT molecular complexity index is 1200. The van der Waals surface area contributed by atoms with Gasteiger partial charge in [-0.1, -0.05) is 31.2 Å². The highest BCUT2D eigenvalue weighted by molar-refractivity contribution is 5.90. The number of methoxy groups -OCH3 is 1. The summed E-state index contributed by atoms with van der Waals surface area (Å²) >= 11 is 0. The molecular formula is C27H33F2N5O3. The Morgan fingerprint density at radius 2 is 1.89 bits per heavy atom. The van der Waals surface area contributed by atoms with Gasteiger partial charge in [0.2, 0.25) is 5.88 Å². The van der Waals surface area contributed by atoms with Gasteiger partial charge < -0.3 is 14.8 Å². The molecule has 0 unspecified atom stereocenters. The van der Waals surface area contributed by atoms with Gasteiger partial charge >= 0.3 is 6.03 Å². The van der Waals surface area contributed by atoms with Crippen molar-refractivity contribution in [1.82, 2.24) is 20.0 Å². The topological polar surface area (TPSA) is 80.6 Å². The number of rotatable bonds is 10. The van der Waals surface area contributed by atoms with Crippen molar-refractivity contribution in [3.8, 4) is 11.6 Å². The average molecular weight is 514 g/mol. The lowest BCUT2D eigenvalue weighted by Gasteiger charge is -2.21. The number of para-hydroxylation sites is 1. The molecule has 2 amide bonds. The molecule has 0 saturated carbocycles. The van der Waals surface area contributed by atoms with E-state index in [2.05, 4.69) is 20.6 Å². The van der Waals surface area contributed by atoms with Crippen LogP contribution in [-0.2, 0) is 4.74 Å². The highest BCUT2D eigenvalue weighted by atomic mass is 19.2. The maximum Gasteiger partial charge on any atom is 0.320 e. The van der Waals surface area contributed by atoms with Gasteiger partial charge in [0, 0.05) is 32.7 Å². The molecule has 2 aromatic carbocycles. The monoisotopic (exact) mass is 513 g/mol. The lowest BCUT2D eigenvalue weighted by molar-refractivity contribution is 0.159. The molecule has 1 aliphatic rings. The predicted molar refractivity (Wildman–Crippen MR) is 137 cm³/mol. The molecule has 0 spiro atoms. The molecule has 1 aromatic heterocycles. The third-order valence-electron chi connectivity index (χ3n) is 6.45. The molecular weight excluding hydrogens is 480 g/mol. The fraction of sp³-hybridized carbons (Fsp3) is 0.407. The molecule has 198 valence electrons. The summed E-state index contributed by atoms with van der Waals surface area (Å²) in [6.07, 6.45) is 0.827. The van der Waals surface area contributed by atoms with Crippen molar-refractivity contribution in [2.75, 3.05) is 45.3 Å². The van der Waals surface area contributed by atoms with Gasteiger partial charge in [-0.05, 0) is 43.2 Å². The van der Waals surface area contributed by atoms with Crippen LogP contribution in [0.2, 0.25) is 0 Å². The van der Waals surface area contributed by atoms with Gasteiger partial charge in [0.1, 0.15) is 5.82 Å². The van der Waals surface area contributed by atoms with E-state index in [-0.39, 0.29) is 12.0 Å². The van der Waals surface area contributed by atoms with E-state index >= 15 is 0 Å². The van der Waals surface area contributed by atoms with E-state index in [0.29, 0.717) is 55.7 Å². The highest BCUT2D eigenvalue weighted by Crippen LogP contribution is 2.31. The van der Waals surface area contributed by atoms with E-state index in [0.717, 1.165) is 18.2 Å². The molecule has 3 aromatic rings. The molecule has 37 heavy (non-hydrogen) atoms. The summed E-state index contributed by atoms with van der Waals surface area (Å²) in [5.41, 5.74) is 2.11. The van der Waals surface area contributed by atoms with Gasteiger partial charge in [-0.2, -0.15) is 0 Å². The van der Waals surface area contributed by atoms with Gasteiger partial charge in [-0.3, -0.25) is 10.2 Å². The molecule has 10 heteroatoms. The maximum absolute atomic E-state index is 14.0. The quantitative estimate of drug-likeness (QED) is 0.418. The third kappa shape index (κ3) is 6.26. The number of hydrogen-bond acceptors (Lipinski definition) is 5. The number of likely N-dealkylation sites (tertiary alicyclic amines) is 1.